The molecule has 154 valence electrons. The van der Waals surface area contributed by atoms with Gasteiger partial charge in [0.1, 0.15) is 0 Å². The number of aliphatic hydroxyl groups is 1. The van der Waals surface area contributed by atoms with Crippen LogP contribution in [0.1, 0.15) is 115 Å². The third-order valence-corrected chi connectivity index (χ3v) is 5.53. The first-order valence-electron chi connectivity index (χ1n) is 11.7. The van der Waals surface area contributed by atoms with Crippen molar-refractivity contribution >= 4 is 5.57 Å². The second-order valence-corrected chi connectivity index (χ2v) is 7.98. The monoisotopic (exact) mass is 372 g/mol. The smallest absolute Gasteiger partial charge is 0.0618 e. The molecule has 0 unspecified atom stereocenters. The summed E-state index contributed by atoms with van der Waals surface area (Å²) in [5.41, 5.74) is 2.56. The minimum Gasteiger partial charge on any atom is -0.392 e. The number of allylic oxidation sites excluding steroid dienone is 1. The number of aliphatic hydroxyl groups excluding tert-OH is 1. The molecule has 0 atom stereocenters. The molecule has 0 amide bonds. The molecule has 0 bridgehead atoms. The van der Waals surface area contributed by atoms with E-state index in [1.807, 2.05) is 12.1 Å². The molecule has 0 saturated carbocycles. The van der Waals surface area contributed by atoms with Crippen molar-refractivity contribution in [2.45, 2.75) is 110 Å². The SMILES string of the molecule is CCCCCCCCCCCCCCCCCC(=CCO)c1ccccc1. The van der Waals surface area contributed by atoms with Crippen LogP contribution in [0.15, 0.2) is 36.4 Å². The molecule has 1 aromatic carbocycles. The normalized spacial score (nSPS) is 11.9. The largest absolute Gasteiger partial charge is 0.392 e. The van der Waals surface area contributed by atoms with Gasteiger partial charge < -0.3 is 5.11 Å². The molecule has 1 rings (SSSR count). The summed E-state index contributed by atoms with van der Waals surface area (Å²) in [6.07, 6.45) is 24.1. The number of rotatable bonds is 18. The average molecular weight is 373 g/mol. The summed E-state index contributed by atoms with van der Waals surface area (Å²) in [5.74, 6) is 0. The summed E-state index contributed by atoms with van der Waals surface area (Å²) in [6, 6.07) is 10.5. The summed E-state index contributed by atoms with van der Waals surface area (Å²) < 4.78 is 0. The molecule has 0 aliphatic rings. The Labute approximate surface area is 169 Å². The zero-order chi connectivity index (χ0) is 19.4. The zero-order valence-electron chi connectivity index (χ0n) is 17.9. The van der Waals surface area contributed by atoms with Crippen LogP contribution in [0.25, 0.3) is 5.57 Å². The maximum Gasteiger partial charge on any atom is 0.0618 e. The topological polar surface area (TPSA) is 20.2 Å². The summed E-state index contributed by atoms with van der Waals surface area (Å²) in [7, 11) is 0. The van der Waals surface area contributed by atoms with Gasteiger partial charge in [0.2, 0.25) is 0 Å². The van der Waals surface area contributed by atoms with Crippen molar-refractivity contribution in [3.05, 3.63) is 42.0 Å². The zero-order valence-corrected chi connectivity index (χ0v) is 17.9. The lowest BCUT2D eigenvalue weighted by atomic mass is 9.98. The molecule has 0 aliphatic heterocycles. The van der Waals surface area contributed by atoms with Crippen LogP contribution < -0.4 is 0 Å². The average Bonchev–Trinajstić information content (AvgIpc) is 2.70. The standard InChI is InChI=1S/C26H44O/c1-2-3-4-5-6-7-8-9-10-11-12-13-14-15-17-22-26(23-24-27)25-20-18-16-19-21-25/h16,18-21,23,27H,2-15,17,22,24H2,1H3. The lowest BCUT2D eigenvalue weighted by Gasteiger charge is -2.08. The van der Waals surface area contributed by atoms with E-state index in [1.54, 1.807) is 0 Å². The van der Waals surface area contributed by atoms with Crippen molar-refractivity contribution in [2.24, 2.45) is 0 Å². The quantitative estimate of drug-likeness (QED) is 0.257. The highest BCUT2D eigenvalue weighted by molar-refractivity contribution is 5.65. The Morgan fingerprint density at radius 1 is 0.667 bits per heavy atom. The second-order valence-electron chi connectivity index (χ2n) is 7.98. The van der Waals surface area contributed by atoms with Gasteiger partial charge in [0.25, 0.3) is 0 Å². The van der Waals surface area contributed by atoms with Crippen molar-refractivity contribution in [3.8, 4) is 0 Å². The number of hydrogen-bond acceptors (Lipinski definition) is 1. The van der Waals surface area contributed by atoms with Crippen LogP contribution in [0.3, 0.4) is 0 Å². The van der Waals surface area contributed by atoms with Crippen LogP contribution in [-0.2, 0) is 0 Å². The maximum atomic E-state index is 9.25. The van der Waals surface area contributed by atoms with E-state index in [9.17, 15) is 5.11 Å². The highest BCUT2D eigenvalue weighted by Gasteiger charge is 2.01. The van der Waals surface area contributed by atoms with Crippen molar-refractivity contribution in [1.82, 2.24) is 0 Å². The first kappa shape index (κ1) is 24.0. The first-order chi connectivity index (χ1) is 13.4. The number of hydrogen-bond donors (Lipinski definition) is 1. The lowest BCUT2D eigenvalue weighted by Crippen LogP contribution is -1.89. The van der Waals surface area contributed by atoms with E-state index in [-0.39, 0.29) is 6.61 Å². The van der Waals surface area contributed by atoms with E-state index in [4.69, 9.17) is 0 Å². The molecule has 1 nitrogen and oxygen atoms in total. The van der Waals surface area contributed by atoms with E-state index in [0.29, 0.717) is 0 Å². The van der Waals surface area contributed by atoms with Crippen molar-refractivity contribution in [2.75, 3.05) is 6.61 Å². The summed E-state index contributed by atoms with van der Waals surface area (Å²) >= 11 is 0. The van der Waals surface area contributed by atoms with Gasteiger partial charge in [-0.1, -0.05) is 133 Å². The molecule has 1 N–H and O–H groups in total. The van der Waals surface area contributed by atoms with Gasteiger partial charge in [-0.3, -0.25) is 0 Å². The van der Waals surface area contributed by atoms with Crippen molar-refractivity contribution < 1.29 is 5.11 Å². The summed E-state index contributed by atoms with van der Waals surface area (Å²) in [4.78, 5) is 0. The Morgan fingerprint density at radius 2 is 1.11 bits per heavy atom. The molecule has 0 aliphatic carbocycles. The molecule has 1 aromatic rings. The molecule has 0 saturated heterocycles. The van der Waals surface area contributed by atoms with Gasteiger partial charge in [-0.15, -0.1) is 0 Å². The van der Waals surface area contributed by atoms with Crippen LogP contribution in [0.5, 0.6) is 0 Å². The van der Waals surface area contributed by atoms with Crippen molar-refractivity contribution in [1.29, 1.82) is 0 Å². The highest BCUT2D eigenvalue weighted by Crippen LogP contribution is 2.21. The van der Waals surface area contributed by atoms with Gasteiger partial charge in [-0.2, -0.15) is 0 Å². The van der Waals surface area contributed by atoms with Crippen molar-refractivity contribution in [3.63, 3.8) is 0 Å². The predicted molar refractivity (Wildman–Crippen MR) is 121 cm³/mol. The molecule has 0 aromatic heterocycles. The predicted octanol–water partition coefficient (Wildman–Crippen LogP) is 8.32. The second kappa shape index (κ2) is 18.3. The molecule has 0 radical (unpaired) electrons. The number of benzene rings is 1. The van der Waals surface area contributed by atoms with Gasteiger partial charge in [0, 0.05) is 0 Å². The van der Waals surface area contributed by atoms with E-state index in [0.717, 1.165) is 6.42 Å². The number of unbranched alkanes of at least 4 members (excludes halogenated alkanes) is 14. The Hall–Kier alpha value is -1.08. The fraction of sp³-hybridized carbons (Fsp3) is 0.692. The third-order valence-electron chi connectivity index (χ3n) is 5.53. The Bertz CT molecular complexity index is 449. The van der Waals surface area contributed by atoms with Crippen LogP contribution in [0, 0.1) is 0 Å². The van der Waals surface area contributed by atoms with E-state index in [2.05, 4.69) is 31.2 Å². The third kappa shape index (κ3) is 13.7. The van der Waals surface area contributed by atoms with E-state index >= 15 is 0 Å². The molecule has 0 spiro atoms. The van der Waals surface area contributed by atoms with Gasteiger partial charge in [-0.05, 0) is 24.0 Å². The summed E-state index contributed by atoms with van der Waals surface area (Å²) in [6.45, 7) is 2.43. The molecule has 0 fully saturated rings. The van der Waals surface area contributed by atoms with Crippen LogP contribution in [0.4, 0.5) is 0 Å². The van der Waals surface area contributed by atoms with E-state index in [1.165, 1.54) is 107 Å². The van der Waals surface area contributed by atoms with Crippen LogP contribution in [-0.4, -0.2) is 11.7 Å². The van der Waals surface area contributed by atoms with E-state index < -0.39 is 0 Å². The van der Waals surface area contributed by atoms with Gasteiger partial charge in [0.05, 0.1) is 6.61 Å². The van der Waals surface area contributed by atoms with Gasteiger partial charge >= 0.3 is 0 Å². The fourth-order valence-electron chi connectivity index (χ4n) is 3.81. The lowest BCUT2D eigenvalue weighted by molar-refractivity contribution is 0.343. The fourth-order valence-corrected chi connectivity index (χ4v) is 3.81. The Kier molecular flexibility index (Phi) is 16.2. The van der Waals surface area contributed by atoms with Crippen LogP contribution >= 0.6 is 0 Å². The molecule has 1 heteroatoms. The van der Waals surface area contributed by atoms with Gasteiger partial charge in [0.15, 0.2) is 0 Å². The molecule has 27 heavy (non-hydrogen) atoms. The molecule has 0 heterocycles. The minimum absolute atomic E-state index is 0.142. The van der Waals surface area contributed by atoms with Crippen LogP contribution in [0.2, 0.25) is 0 Å². The molecular weight excluding hydrogens is 328 g/mol. The summed E-state index contributed by atoms with van der Waals surface area (Å²) in [5, 5.41) is 9.25. The first-order valence-corrected chi connectivity index (χ1v) is 11.7. The Balaban J connectivity index is 1.90. The maximum absolute atomic E-state index is 9.25. The minimum atomic E-state index is 0.142. The molecular formula is C26H44O. The highest BCUT2D eigenvalue weighted by atomic mass is 16.2. The Morgan fingerprint density at radius 3 is 1.56 bits per heavy atom. The van der Waals surface area contributed by atoms with Gasteiger partial charge in [-0.25, -0.2) is 0 Å².